The van der Waals surface area contributed by atoms with Crippen LogP contribution in [-0.2, 0) is 4.74 Å². The van der Waals surface area contributed by atoms with Gasteiger partial charge in [0.2, 0.25) is 5.76 Å². The van der Waals surface area contributed by atoms with E-state index in [1.807, 2.05) is 0 Å². The first-order valence-electron chi connectivity index (χ1n) is 4.58. The van der Waals surface area contributed by atoms with Gasteiger partial charge in [0.15, 0.2) is 0 Å². The average Bonchev–Trinajstić information content (AvgIpc) is 2.88. The molecule has 6 heteroatoms. The summed E-state index contributed by atoms with van der Waals surface area (Å²) in [6.07, 6.45) is 2.15. The van der Waals surface area contributed by atoms with E-state index in [2.05, 4.69) is 4.42 Å². The van der Waals surface area contributed by atoms with Crippen LogP contribution in [0.3, 0.4) is 0 Å². The van der Waals surface area contributed by atoms with Crippen LogP contribution in [0.25, 0.3) is 0 Å². The molecule has 6 nitrogen and oxygen atoms in total. The third kappa shape index (κ3) is 2.34. The van der Waals surface area contributed by atoms with Crippen molar-refractivity contribution in [3.8, 4) is 0 Å². The van der Waals surface area contributed by atoms with Crippen LogP contribution < -0.4 is 0 Å². The second-order valence-corrected chi connectivity index (χ2v) is 3.44. The molecule has 0 unspecified atom stereocenters. The van der Waals surface area contributed by atoms with Crippen molar-refractivity contribution in [3.63, 3.8) is 0 Å². The Bertz CT molecular complexity index is 393. The molecule has 1 aromatic heterocycles. The minimum atomic E-state index is -0.697. The molecular weight excluding hydrogens is 202 g/mol. The number of hydrogen-bond acceptors (Lipinski definition) is 5. The SMILES string of the molecule is O=C(OCC1CC1)c1ccc([N+](=O)[O-])o1. The van der Waals surface area contributed by atoms with E-state index in [4.69, 9.17) is 4.74 Å². The Morgan fingerprint density at radius 2 is 2.33 bits per heavy atom. The summed E-state index contributed by atoms with van der Waals surface area (Å²) in [6.45, 7) is 0.368. The molecule has 1 aliphatic rings. The summed E-state index contributed by atoms with van der Waals surface area (Å²) < 4.78 is 9.58. The molecule has 1 aromatic rings. The van der Waals surface area contributed by atoms with Gasteiger partial charge in [0.25, 0.3) is 0 Å². The van der Waals surface area contributed by atoms with Crippen molar-refractivity contribution in [3.05, 3.63) is 28.0 Å². The first kappa shape index (κ1) is 9.70. The highest BCUT2D eigenvalue weighted by Gasteiger charge is 2.25. The zero-order valence-corrected chi connectivity index (χ0v) is 7.84. The number of carbonyl (C=O) groups excluding carboxylic acids is 1. The maximum absolute atomic E-state index is 11.3. The number of nitro groups is 1. The maximum atomic E-state index is 11.3. The van der Waals surface area contributed by atoms with Gasteiger partial charge in [-0.05, 0) is 24.8 Å². The van der Waals surface area contributed by atoms with Gasteiger partial charge in [0.1, 0.15) is 4.92 Å². The highest BCUT2D eigenvalue weighted by molar-refractivity contribution is 5.86. The van der Waals surface area contributed by atoms with Crippen LogP contribution in [0.2, 0.25) is 0 Å². The Balaban J connectivity index is 1.94. The fourth-order valence-electron chi connectivity index (χ4n) is 1.08. The van der Waals surface area contributed by atoms with Crippen molar-refractivity contribution in [1.29, 1.82) is 0 Å². The second kappa shape index (κ2) is 3.72. The van der Waals surface area contributed by atoms with E-state index in [1.165, 1.54) is 6.07 Å². The van der Waals surface area contributed by atoms with Crippen molar-refractivity contribution in [1.82, 2.24) is 0 Å². The van der Waals surface area contributed by atoms with E-state index in [1.54, 1.807) is 0 Å². The van der Waals surface area contributed by atoms with Gasteiger partial charge in [-0.3, -0.25) is 10.1 Å². The van der Waals surface area contributed by atoms with E-state index < -0.39 is 16.8 Å². The predicted molar refractivity (Wildman–Crippen MR) is 48.4 cm³/mol. The smallest absolute Gasteiger partial charge is 0.433 e. The summed E-state index contributed by atoms with van der Waals surface area (Å²) in [5.74, 6) is -0.760. The van der Waals surface area contributed by atoms with E-state index in [9.17, 15) is 14.9 Å². The fourth-order valence-corrected chi connectivity index (χ4v) is 1.08. The number of hydrogen-bond donors (Lipinski definition) is 0. The summed E-state index contributed by atoms with van der Waals surface area (Å²) in [7, 11) is 0. The molecule has 0 atom stereocenters. The van der Waals surface area contributed by atoms with E-state index in [0.29, 0.717) is 12.5 Å². The lowest BCUT2D eigenvalue weighted by atomic mass is 10.4. The molecule has 0 bridgehead atoms. The zero-order chi connectivity index (χ0) is 10.8. The van der Waals surface area contributed by atoms with Crippen LogP contribution in [0, 0.1) is 16.0 Å². The number of ether oxygens (including phenoxy) is 1. The highest BCUT2D eigenvalue weighted by atomic mass is 16.7. The van der Waals surface area contributed by atoms with Crippen molar-refractivity contribution < 1.29 is 18.9 Å². The standard InChI is InChI=1S/C9H9NO5/c11-9(14-5-6-1-2-6)7-3-4-8(15-7)10(12)13/h3-4,6H,1-2,5H2. The second-order valence-electron chi connectivity index (χ2n) is 3.44. The van der Waals surface area contributed by atoms with Crippen molar-refractivity contribution >= 4 is 11.9 Å². The topological polar surface area (TPSA) is 82.6 Å². The van der Waals surface area contributed by atoms with Gasteiger partial charge in [0.05, 0.1) is 12.7 Å². The van der Waals surface area contributed by atoms with Gasteiger partial charge >= 0.3 is 11.9 Å². The van der Waals surface area contributed by atoms with E-state index in [-0.39, 0.29) is 5.76 Å². The summed E-state index contributed by atoms with van der Waals surface area (Å²) in [5.41, 5.74) is 0. The van der Waals surface area contributed by atoms with Crippen LogP contribution >= 0.6 is 0 Å². The summed E-state index contributed by atoms with van der Waals surface area (Å²) >= 11 is 0. The normalized spacial score (nSPS) is 14.9. The van der Waals surface area contributed by atoms with Crippen LogP contribution in [-0.4, -0.2) is 17.5 Å². The molecule has 1 heterocycles. The molecule has 0 aromatic carbocycles. The first-order chi connectivity index (χ1) is 7.16. The summed E-state index contributed by atoms with van der Waals surface area (Å²) in [4.78, 5) is 20.9. The Morgan fingerprint density at radius 3 is 2.87 bits per heavy atom. The van der Waals surface area contributed by atoms with Crippen molar-refractivity contribution in [2.24, 2.45) is 5.92 Å². The lowest BCUT2D eigenvalue weighted by Gasteiger charge is -1.99. The monoisotopic (exact) mass is 211 g/mol. The van der Waals surface area contributed by atoms with Gasteiger partial charge in [-0.1, -0.05) is 0 Å². The molecule has 1 saturated carbocycles. The molecule has 0 N–H and O–H groups in total. The van der Waals surface area contributed by atoms with Gasteiger partial charge in [-0.15, -0.1) is 0 Å². The molecule has 0 radical (unpaired) electrons. The van der Waals surface area contributed by atoms with Crippen molar-refractivity contribution in [2.75, 3.05) is 6.61 Å². The van der Waals surface area contributed by atoms with Gasteiger partial charge in [-0.2, -0.15) is 0 Å². The van der Waals surface area contributed by atoms with Gasteiger partial charge < -0.3 is 9.15 Å². The van der Waals surface area contributed by atoms with E-state index in [0.717, 1.165) is 18.9 Å². The highest BCUT2D eigenvalue weighted by Crippen LogP contribution is 2.29. The zero-order valence-electron chi connectivity index (χ0n) is 7.84. The number of furan rings is 1. The summed E-state index contributed by atoms with van der Waals surface area (Å²) in [5, 5.41) is 10.3. The van der Waals surface area contributed by atoms with E-state index >= 15 is 0 Å². The van der Waals surface area contributed by atoms with Crippen molar-refractivity contribution in [2.45, 2.75) is 12.8 Å². The first-order valence-corrected chi connectivity index (χ1v) is 4.58. The van der Waals surface area contributed by atoms with Crippen LogP contribution in [0.4, 0.5) is 5.88 Å². The molecule has 0 spiro atoms. The van der Waals surface area contributed by atoms with Gasteiger partial charge in [0, 0.05) is 0 Å². The van der Waals surface area contributed by atoms with Crippen LogP contribution in [0.15, 0.2) is 16.5 Å². The number of carbonyl (C=O) groups is 1. The maximum Gasteiger partial charge on any atom is 0.433 e. The molecule has 0 aliphatic heterocycles. The average molecular weight is 211 g/mol. The Labute approximate surface area is 85.0 Å². The molecule has 1 fully saturated rings. The largest absolute Gasteiger partial charge is 0.460 e. The molecule has 0 amide bonds. The fraction of sp³-hybridized carbons (Fsp3) is 0.444. The van der Waals surface area contributed by atoms with Crippen LogP contribution in [0.5, 0.6) is 0 Å². The lowest BCUT2D eigenvalue weighted by Crippen LogP contribution is -2.06. The third-order valence-electron chi connectivity index (χ3n) is 2.12. The molecule has 2 rings (SSSR count). The molecule has 80 valence electrons. The number of rotatable bonds is 4. The predicted octanol–water partition coefficient (Wildman–Crippen LogP) is 1.75. The summed E-state index contributed by atoms with van der Waals surface area (Å²) in [6, 6.07) is 2.38. The number of esters is 1. The Kier molecular flexibility index (Phi) is 2.40. The molecular formula is C9H9NO5. The quantitative estimate of drug-likeness (QED) is 0.430. The lowest BCUT2D eigenvalue weighted by molar-refractivity contribution is -0.402. The molecule has 0 saturated heterocycles. The van der Waals surface area contributed by atoms with Crippen LogP contribution in [0.1, 0.15) is 23.4 Å². The third-order valence-corrected chi connectivity index (χ3v) is 2.12. The molecule has 1 aliphatic carbocycles. The Hall–Kier alpha value is -1.85. The minimum absolute atomic E-state index is 0.123. The molecule has 15 heavy (non-hydrogen) atoms. The van der Waals surface area contributed by atoms with Gasteiger partial charge in [-0.25, -0.2) is 4.79 Å². The number of nitrogens with zero attached hydrogens (tertiary/aromatic N) is 1. The Morgan fingerprint density at radius 1 is 1.60 bits per heavy atom. The minimum Gasteiger partial charge on any atom is -0.460 e.